The molecule has 150 valence electrons. The van der Waals surface area contributed by atoms with Crippen molar-refractivity contribution in [3.63, 3.8) is 0 Å². The number of esters is 1. The minimum Gasteiger partial charge on any atom is -0.497 e. The number of hydrogen-bond acceptors (Lipinski definition) is 6. The topological polar surface area (TPSA) is 111 Å². The fourth-order valence-corrected chi connectivity index (χ4v) is 3.44. The number of hydrogen-bond donors (Lipinski definition) is 2. The average Bonchev–Trinajstić information content (AvgIpc) is 2.66. The second kappa shape index (κ2) is 9.54. The Kier molecular flexibility index (Phi) is 7.38. The highest BCUT2D eigenvalue weighted by molar-refractivity contribution is 7.89. The zero-order chi connectivity index (χ0) is 20.7. The molecule has 8 nitrogen and oxygen atoms in total. The zero-order valence-corrected chi connectivity index (χ0v) is 16.7. The first-order valence-corrected chi connectivity index (χ1v) is 9.96. The number of ether oxygens (including phenoxy) is 2. The van der Waals surface area contributed by atoms with Gasteiger partial charge in [-0.3, -0.25) is 9.59 Å². The van der Waals surface area contributed by atoms with Crippen LogP contribution in [-0.4, -0.2) is 40.1 Å². The Bertz CT molecular complexity index is 947. The largest absolute Gasteiger partial charge is 0.497 e. The summed E-state index contributed by atoms with van der Waals surface area (Å²) in [6, 6.07) is 10.9. The molecule has 0 saturated heterocycles. The number of halogens is 1. The molecule has 1 atom stereocenters. The lowest BCUT2D eigenvalue weighted by atomic mass is 10.3. The van der Waals surface area contributed by atoms with Gasteiger partial charge in [0.15, 0.2) is 6.61 Å². The summed E-state index contributed by atoms with van der Waals surface area (Å²) in [4.78, 5) is 23.8. The molecule has 0 bridgehead atoms. The summed E-state index contributed by atoms with van der Waals surface area (Å²) in [6.45, 7) is 0.749. The van der Waals surface area contributed by atoms with E-state index in [0.29, 0.717) is 16.5 Å². The van der Waals surface area contributed by atoms with Gasteiger partial charge in [-0.2, -0.15) is 4.72 Å². The predicted molar refractivity (Wildman–Crippen MR) is 104 cm³/mol. The second-order valence-electron chi connectivity index (χ2n) is 5.68. The fraction of sp³-hybridized carbons (Fsp3) is 0.222. The molecule has 2 aromatic rings. The maximum atomic E-state index is 12.2. The third kappa shape index (κ3) is 6.22. The van der Waals surface area contributed by atoms with Crippen LogP contribution in [0.2, 0.25) is 5.02 Å². The van der Waals surface area contributed by atoms with Crippen molar-refractivity contribution in [2.24, 2.45) is 0 Å². The number of amides is 1. The molecule has 0 aliphatic heterocycles. The summed E-state index contributed by atoms with van der Waals surface area (Å²) < 4.78 is 36.6. The van der Waals surface area contributed by atoms with Gasteiger partial charge in [-0.1, -0.05) is 17.7 Å². The fourth-order valence-electron chi connectivity index (χ4n) is 2.12. The molecular formula is C18H19ClN2O6S. The van der Waals surface area contributed by atoms with Gasteiger partial charge in [0.1, 0.15) is 11.8 Å². The van der Waals surface area contributed by atoms with Crippen molar-refractivity contribution in [3.05, 3.63) is 53.6 Å². The van der Waals surface area contributed by atoms with Crippen molar-refractivity contribution >= 4 is 39.2 Å². The second-order valence-corrected chi connectivity index (χ2v) is 7.84. The van der Waals surface area contributed by atoms with Crippen molar-refractivity contribution in [2.45, 2.75) is 17.9 Å². The summed E-state index contributed by atoms with van der Waals surface area (Å²) in [7, 11) is -2.44. The highest BCUT2D eigenvalue weighted by Gasteiger charge is 2.23. The molecule has 2 aromatic carbocycles. The first kappa shape index (κ1) is 21.7. The van der Waals surface area contributed by atoms with Gasteiger partial charge in [0.05, 0.1) is 12.0 Å². The van der Waals surface area contributed by atoms with E-state index in [2.05, 4.69) is 10.0 Å². The zero-order valence-electron chi connectivity index (χ0n) is 15.1. The Morgan fingerprint density at radius 2 is 1.82 bits per heavy atom. The highest BCUT2D eigenvalue weighted by atomic mass is 35.5. The lowest BCUT2D eigenvalue weighted by molar-refractivity contribution is -0.148. The van der Waals surface area contributed by atoms with Gasteiger partial charge >= 0.3 is 5.97 Å². The monoisotopic (exact) mass is 426 g/mol. The van der Waals surface area contributed by atoms with Crippen molar-refractivity contribution in [3.8, 4) is 5.75 Å². The van der Waals surface area contributed by atoms with Crippen LogP contribution >= 0.6 is 11.6 Å². The van der Waals surface area contributed by atoms with E-state index in [4.69, 9.17) is 21.1 Å². The third-order valence-corrected chi connectivity index (χ3v) is 5.32. The molecule has 0 spiro atoms. The van der Waals surface area contributed by atoms with Crippen molar-refractivity contribution < 1.29 is 27.5 Å². The van der Waals surface area contributed by atoms with Gasteiger partial charge in [-0.15, -0.1) is 0 Å². The molecule has 10 heteroatoms. The van der Waals surface area contributed by atoms with Gasteiger partial charge in [0.2, 0.25) is 10.0 Å². The number of methoxy groups -OCH3 is 1. The number of carbonyl (C=O) groups is 2. The Hall–Kier alpha value is -2.62. The normalized spacial score (nSPS) is 12.1. The minimum atomic E-state index is -3.94. The van der Waals surface area contributed by atoms with Crippen molar-refractivity contribution in [1.29, 1.82) is 0 Å². The van der Waals surface area contributed by atoms with Gasteiger partial charge < -0.3 is 14.8 Å². The van der Waals surface area contributed by atoms with E-state index >= 15 is 0 Å². The molecule has 28 heavy (non-hydrogen) atoms. The number of sulfonamides is 1. The molecule has 0 aliphatic carbocycles. The molecule has 1 amide bonds. The van der Waals surface area contributed by atoms with E-state index in [0.717, 1.165) is 0 Å². The van der Waals surface area contributed by atoms with Crippen LogP contribution in [0.4, 0.5) is 5.69 Å². The Balaban J connectivity index is 1.87. The summed E-state index contributed by atoms with van der Waals surface area (Å²) in [5.74, 6) is -0.910. The van der Waals surface area contributed by atoms with E-state index < -0.39 is 34.5 Å². The standard InChI is InChI=1S/C18H19ClN2O6S/c1-12(21-28(24,25)16-8-6-13(19)7-9-16)18(23)27-11-17(22)20-14-4-3-5-15(10-14)26-2/h3-10,12,21H,11H2,1-2H3,(H,20,22)/t12-/m0/s1. The number of benzene rings is 2. The van der Waals surface area contributed by atoms with Crippen LogP contribution in [0.3, 0.4) is 0 Å². The Morgan fingerprint density at radius 3 is 2.46 bits per heavy atom. The molecule has 2 rings (SSSR count). The third-order valence-electron chi connectivity index (χ3n) is 3.51. The quantitative estimate of drug-likeness (QED) is 0.626. The van der Waals surface area contributed by atoms with Crippen LogP contribution in [0.5, 0.6) is 5.75 Å². The minimum absolute atomic E-state index is 0.0488. The van der Waals surface area contributed by atoms with Crippen LogP contribution in [0.15, 0.2) is 53.4 Å². The summed E-state index contributed by atoms with van der Waals surface area (Å²) in [6.07, 6.45) is 0. The average molecular weight is 427 g/mol. The van der Waals surface area contributed by atoms with E-state index in [1.165, 1.54) is 38.3 Å². The van der Waals surface area contributed by atoms with Crippen molar-refractivity contribution in [2.75, 3.05) is 19.0 Å². The van der Waals surface area contributed by atoms with E-state index in [-0.39, 0.29) is 4.90 Å². The molecule has 0 radical (unpaired) electrons. The van der Waals surface area contributed by atoms with Crippen LogP contribution in [0.25, 0.3) is 0 Å². The molecule has 0 fully saturated rings. The van der Waals surface area contributed by atoms with Crippen molar-refractivity contribution in [1.82, 2.24) is 4.72 Å². The van der Waals surface area contributed by atoms with Gasteiger partial charge in [-0.25, -0.2) is 8.42 Å². The number of anilines is 1. The van der Waals surface area contributed by atoms with Gasteiger partial charge in [0, 0.05) is 16.8 Å². The number of carbonyl (C=O) groups excluding carboxylic acids is 2. The maximum Gasteiger partial charge on any atom is 0.324 e. The smallest absolute Gasteiger partial charge is 0.324 e. The molecule has 0 heterocycles. The van der Waals surface area contributed by atoms with Crippen LogP contribution in [0.1, 0.15) is 6.92 Å². The summed E-state index contributed by atoms with van der Waals surface area (Å²) in [5, 5.41) is 2.93. The number of rotatable bonds is 8. The first-order valence-electron chi connectivity index (χ1n) is 8.09. The van der Waals surface area contributed by atoms with Crippen LogP contribution in [-0.2, 0) is 24.3 Å². The van der Waals surface area contributed by atoms with Gasteiger partial charge in [0.25, 0.3) is 5.91 Å². The number of nitrogens with one attached hydrogen (secondary N) is 2. The SMILES string of the molecule is COc1cccc(NC(=O)COC(=O)[C@H](C)NS(=O)(=O)c2ccc(Cl)cc2)c1. The summed E-state index contributed by atoms with van der Waals surface area (Å²) >= 11 is 5.73. The molecular weight excluding hydrogens is 408 g/mol. The van der Waals surface area contributed by atoms with E-state index in [1.807, 2.05) is 0 Å². The first-order chi connectivity index (χ1) is 13.2. The van der Waals surface area contributed by atoms with Crippen LogP contribution in [0, 0.1) is 0 Å². The van der Waals surface area contributed by atoms with E-state index in [1.54, 1.807) is 24.3 Å². The molecule has 0 saturated carbocycles. The predicted octanol–water partition coefficient (Wildman–Crippen LogP) is 2.20. The Morgan fingerprint density at radius 1 is 1.14 bits per heavy atom. The van der Waals surface area contributed by atoms with Crippen LogP contribution < -0.4 is 14.8 Å². The lowest BCUT2D eigenvalue weighted by Gasteiger charge is -2.14. The van der Waals surface area contributed by atoms with E-state index in [9.17, 15) is 18.0 Å². The summed E-state index contributed by atoms with van der Waals surface area (Å²) in [5.41, 5.74) is 0.469. The molecule has 2 N–H and O–H groups in total. The molecule has 0 aliphatic rings. The lowest BCUT2D eigenvalue weighted by Crippen LogP contribution is -2.40. The maximum absolute atomic E-state index is 12.2. The van der Waals surface area contributed by atoms with Gasteiger partial charge in [-0.05, 0) is 43.3 Å². The molecule has 0 aromatic heterocycles. The Labute approximate surface area is 167 Å². The molecule has 0 unspecified atom stereocenters. The highest BCUT2D eigenvalue weighted by Crippen LogP contribution is 2.17.